The van der Waals surface area contributed by atoms with Gasteiger partial charge < -0.3 is 4.74 Å². The van der Waals surface area contributed by atoms with Crippen molar-refractivity contribution < 1.29 is 4.74 Å². The van der Waals surface area contributed by atoms with E-state index in [1.54, 1.807) is 0 Å². The van der Waals surface area contributed by atoms with Crippen LogP contribution in [-0.4, -0.2) is 18.1 Å². The van der Waals surface area contributed by atoms with Crippen LogP contribution in [0.1, 0.15) is 39.5 Å². The van der Waals surface area contributed by atoms with Gasteiger partial charge in [0.2, 0.25) is 0 Å². The molecule has 1 fully saturated rings. The maximum atomic E-state index is 5.47. The summed E-state index contributed by atoms with van der Waals surface area (Å²) >= 11 is 2.12. The highest BCUT2D eigenvalue weighted by molar-refractivity contribution is 7.99. The third-order valence-corrected chi connectivity index (χ3v) is 3.75. The molecule has 0 aromatic heterocycles. The Morgan fingerprint density at radius 2 is 2.29 bits per heavy atom. The van der Waals surface area contributed by atoms with Crippen LogP contribution in [0, 0.1) is 5.92 Å². The molecular formula is C12H22OS. The Bertz CT molecular complexity index is 165. The topological polar surface area (TPSA) is 9.23 Å². The van der Waals surface area contributed by atoms with Gasteiger partial charge in [0.1, 0.15) is 0 Å². The number of rotatable bonds is 4. The monoisotopic (exact) mass is 214 g/mol. The minimum absolute atomic E-state index is 0.896. The highest BCUT2D eigenvalue weighted by Gasteiger charge is 2.11. The van der Waals surface area contributed by atoms with E-state index in [0.717, 1.165) is 12.5 Å². The fraction of sp³-hybridized carbons (Fsp3) is 0.833. The van der Waals surface area contributed by atoms with Crippen molar-refractivity contribution in [2.75, 3.05) is 18.1 Å². The smallest absolute Gasteiger partial charge is 0.0876 e. The number of hydrogen-bond donors (Lipinski definition) is 0. The van der Waals surface area contributed by atoms with Crippen molar-refractivity contribution in [3.63, 3.8) is 0 Å². The zero-order valence-electron chi connectivity index (χ0n) is 9.42. The maximum Gasteiger partial charge on any atom is 0.0876 e. The van der Waals surface area contributed by atoms with Crippen molar-refractivity contribution in [2.24, 2.45) is 5.92 Å². The number of ether oxygens (including phenoxy) is 1. The fourth-order valence-corrected chi connectivity index (χ4v) is 2.90. The molecule has 2 heteroatoms. The molecule has 0 amide bonds. The molecule has 0 N–H and O–H groups in total. The van der Waals surface area contributed by atoms with E-state index >= 15 is 0 Å². The second kappa shape index (κ2) is 7.22. The lowest BCUT2D eigenvalue weighted by molar-refractivity contribution is 0.221. The Kier molecular flexibility index (Phi) is 6.17. The average molecular weight is 214 g/mol. The first kappa shape index (κ1) is 12.0. The quantitative estimate of drug-likeness (QED) is 0.519. The molecule has 1 saturated heterocycles. The summed E-state index contributed by atoms with van der Waals surface area (Å²) in [4.78, 5) is 0. The normalized spacial score (nSPS) is 22.6. The summed E-state index contributed by atoms with van der Waals surface area (Å²) in [7, 11) is 0. The Labute approximate surface area is 92.3 Å². The third-order valence-electron chi connectivity index (χ3n) is 2.47. The van der Waals surface area contributed by atoms with Gasteiger partial charge in [0.15, 0.2) is 0 Å². The Morgan fingerprint density at radius 1 is 1.43 bits per heavy atom. The zero-order valence-corrected chi connectivity index (χ0v) is 10.2. The van der Waals surface area contributed by atoms with Crippen LogP contribution in [0.25, 0.3) is 0 Å². The standard InChI is InChI=1S/C12H22OS/c1-11(2)9-13-7-6-12-5-3-4-8-14-10-12/h9,12H,3-8,10H2,1-2H3. The lowest BCUT2D eigenvalue weighted by Gasteiger charge is -2.12. The average Bonchev–Trinajstić information content (AvgIpc) is 2.40. The number of hydrogen-bond acceptors (Lipinski definition) is 2. The van der Waals surface area contributed by atoms with Gasteiger partial charge in [-0.3, -0.25) is 0 Å². The van der Waals surface area contributed by atoms with Gasteiger partial charge >= 0.3 is 0 Å². The summed E-state index contributed by atoms with van der Waals surface area (Å²) in [5.41, 5.74) is 1.25. The van der Waals surface area contributed by atoms with Crippen molar-refractivity contribution >= 4 is 11.8 Å². The van der Waals surface area contributed by atoms with Gasteiger partial charge in [-0.05, 0) is 56.1 Å². The lowest BCUT2D eigenvalue weighted by atomic mass is 10.0. The summed E-state index contributed by atoms with van der Waals surface area (Å²) in [5, 5.41) is 0. The molecule has 1 aliphatic heterocycles. The minimum atomic E-state index is 0.896. The van der Waals surface area contributed by atoms with Crippen molar-refractivity contribution in [3.8, 4) is 0 Å². The molecule has 0 bridgehead atoms. The molecule has 0 saturated carbocycles. The highest BCUT2D eigenvalue weighted by Crippen LogP contribution is 2.24. The molecule has 0 radical (unpaired) electrons. The van der Waals surface area contributed by atoms with Crippen LogP contribution < -0.4 is 0 Å². The molecule has 1 nitrogen and oxygen atoms in total. The van der Waals surface area contributed by atoms with Gasteiger partial charge in [-0.25, -0.2) is 0 Å². The van der Waals surface area contributed by atoms with E-state index in [0.29, 0.717) is 0 Å². The molecule has 0 aromatic rings. The first-order chi connectivity index (χ1) is 6.79. The van der Waals surface area contributed by atoms with Gasteiger partial charge in [-0.1, -0.05) is 6.42 Å². The van der Waals surface area contributed by atoms with Crippen molar-refractivity contribution in [2.45, 2.75) is 39.5 Å². The predicted octanol–water partition coefficient (Wildman–Crippen LogP) is 3.85. The Balaban J connectivity index is 2.07. The van der Waals surface area contributed by atoms with Crippen molar-refractivity contribution in [3.05, 3.63) is 11.8 Å². The van der Waals surface area contributed by atoms with Crippen LogP contribution in [0.5, 0.6) is 0 Å². The summed E-state index contributed by atoms with van der Waals surface area (Å²) in [6.07, 6.45) is 7.35. The molecule has 82 valence electrons. The minimum Gasteiger partial charge on any atom is -0.501 e. The molecule has 1 atom stereocenters. The highest BCUT2D eigenvalue weighted by atomic mass is 32.2. The number of thioether (sulfide) groups is 1. The van der Waals surface area contributed by atoms with Crippen LogP contribution in [0.3, 0.4) is 0 Å². The molecular weight excluding hydrogens is 192 g/mol. The predicted molar refractivity (Wildman–Crippen MR) is 64.7 cm³/mol. The van der Waals surface area contributed by atoms with Gasteiger partial charge in [0, 0.05) is 0 Å². The molecule has 0 aliphatic carbocycles. The zero-order chi connectivity index (χ0) is 10.2. The van der Waals surface area contributed by atoms with Crippen LogP contribution in [0.15, 0.2) is 11.8 Å². The van der Waals surface area contributed by atoms with Crippen molar-refractivity contribution in [1.82, 2.24) is 0 Å². The van der Waals surface area contributed by atoms with E-state index < -0.39 is 0 Å². The summed E-state index contributed by atoms with van der Waals surface area (Å²) in [6, 6.07) is 0. The molecule has 0 spiro atoms. The van der Waals surface area contributed by atoms with Crippen LogP contribution in [0.2, 0.25) is 0 Å². The number of allylic oxidation sites excluding steroid dienone is 1. The SMILES string of the molecule is CC(C)=COCCC1CCCCSC1. The van der Waals surface area contributed by atoms with Gasteiger partial charge in [-0.15, -0.1) is 0 Å². The Hall–Kier alpha value is -0.110. The second-order valence-electron chi connectivity index (χ2n) is 4.29. The van der Waals surface area contributed by atoms with Crippen LogP contribution >= 0.6 is 11.8 Å². The maximum absolute atomic E-state index is 5.47. The van der Waals surface area contributed by atoms with Crippen LogP contribution in [-0.2, 0) is 4.74 Å². The van der Waals surface area contributed by atoms with Crippen molar-refractivity contribution in [1.29, 1.82) is 0 Å². The van der Waals surface area contributed by atoms with Gasteiger partial charge in [0.25, 0.3) is 0 Å². The lowest BCUT2D eigenvalue weighted by Crippen LogP contribution is -2.05. The Morgan fingerprint density at radius 3 is 3.07 bits per heavy atom. The van der Waals surface area contributed by atoms with Gasteiger partial charge in [0.05, 0.1) is 12.9 Å². The van der Waals surface area contributed by atoms with E-state index in [-0.39, 0.29) is 0 Å². The molecule has 14 heavy (non-hydrogen) atoms. The summed E-state index contributed by atoms with van der Waals surface area (Å²) < 4.78 is 5.47. The van der Waals surface area contributed by atoms with E-state index in [4.69, 9.17) is 4.74 Å². The van der Waals surface area contributed by atoms with E-state index in [1.807, 2.05) is 6.26 Å². The molecule has 1 heterocycles. The summed E-state index contributed by atoms with van der Waals surface area (Å²) in [6.45, 7) is 5.04. The fourth-order valence-electron chi connectivity index (χ4n) is 1.66. The molecule has 1 rings (SSSR count). The van der Waals surface area contributed by atoms with Crippen LogP contribution in [0.4, 0.5) is 0 Å². The first-order valence-corrected chi connectivity index (χ1v) is 6.77. The second-order valence-corrected chi connectivity index (χ2v) is 5.44. The third kappa shape index (κ3) is 5.58. The molecule has 1 unspecified atom stereocenters. The molecule has 1 aliphatic rings. The van der Waals surface area contributed by atoms with E-state index in [1.165, 1.54) is 42.8 Å². The first-order valence-electron chi connectivity index (χ1n) is 5.62. The molecule has 0 aromatic carbocycles. The largest absolute Gasteiger partial charge is 0.501 e. The van der Waals surface area contributed by atoms with E-state index in [9.17, 15) is 0 Å². The summed E-state index contributed by atoms with van der Waals surface area (Å²) in [5.74, 6) is 3.61. The van der Waals surface area contributed by atoms with E-state index in [2.05, 4.69) is 25.6 Å². The van der Waals surface area contributed by atoms with Gasteiger partial charge in [-0.2, -0.15) is 11.8 Å².